The molecule has 0 saturated carbocycles. The smallest absolute Gasteiger partial charge is 0.158 e. The van der Waals surface area contributed by atoms with Gasteiger partial charge in [0.1, 0.15) is 0 Å². The molecule has 0 aliphatic rings. The van der Waals surface area contributed by atoms with E-state index in [2.05, 4.69) is 15.4 Å². The van der Waals surface area contributed by atoms with Gasteiger partial charge in [0.2, 0.25) is 0 Å². The zero-order valence-corrected chi connectivity index (χ0v) is 5.83. The average molecular weight is 138 g/mol. The fourth-order valence-electron chi connectivity index (χ4n) is 0.646. The first kappa shape index (κ1) is 6.95. The van der Waals surface area contributed by atoms with Crippen molar-refractivity contribution in [3.63, 3.8) is 0 Å². The molecule has 0 aromatic carbocycles. The molecule has 0 fully saturated rings. The van der Waals surface area contributed by atoms with Crippen LogP contribution in [0.2, 0.25) is 0 Å². The van der Waals surface area contributed by atoms with Crippen molar-refractivity contribution >= 4 is 5.82 Å². The number of hydrazine groups is 1. The van der Waals surface area contributed by atoms with Gasteiger partial charge < -0.3 is 5.43 Å². The molecule has 4 heteroatoms. The molecule has 0 spiro atoms. The number of nitrogens with zero attached hydrogens (tertiary/aromatic N) is 2. The Balaban J connectivity index is 2.87. The van der Waals surface area contributed by atoms with Gasteiger partial charge in [0.15, 0.2) is 5.82 Å². The van der Waals surface area contributed by atoms with Crippen LogP contribution in [-0.4, -0.2) is 9.97 Å². The quantitative estimate of drug-likeness (QED) is 0.456. The fraction of sp³-hybridized carbons (Fsp3) is 0.333. The maximum Gasteiger partial charge on any atom is 0.158 e. The highest BCUT2D eigenvalue weighted by Gasteiger charge is 1.92. The van der Waals surface area contributed by atoms with Crippen LogP contribution in [-0.2, 0) is 6.42 Å². The molecule has 1 rings (SSSR count). The lowest BCUT2D eigenvalue weighted by molar-refractivity contribution is 0.995. The first-order chi connectivity index (χ1) is 4.86. The molecule has 1 heterocycles. The maximum absolute atomic E-state index is 5.12. The first-order valence-corrected chi connectivity index (χ1v) is 3.14. The van der Waals surface area contributed by atoms with Crippen molar-refractivity contribution in [2.75, 3.05) is 5.43 Å². The second kappa shape index (κ2) is 3.12. The predicted molar refractivity (Wildman–Crippen MR) is 39.2 cm³/mol. The molecule has 0 amide bonds. The number of aromatic nitrogens is 2. The van der Waals surface area contributed by atoms with Crippen LogP contribution < -0.4 is 11.3 Å². The van der Waals surface area contributed by atoms with E-state index in [0.29, 0.717) is 5.82 Å². The SMILES string of the molecule is CCc1cncc(NN)n1. The summed E-state index contributed by atoms with van der Waals surface area (Å²) >= 11 is 0. The lowest BCUT2D eigenvalue weighted by atomic mass is 10.4. The van der Waals surface area contributed by atoms with E-state index in [0.717, 1.165) is 12.1 Å². The Morgan fingerprint density at radius 1 is 1.60 bits per heavy atom. The molecule has 0 saturated heterocycles. The van der Waals surface area contributed by atoms with Crippen LogP contribution in [0.5, 0.6) is 0 Å². The van der Waals surface area contributed by atoms with Gasteiger partial charge in [-0.2, -0.15) is 0 Å². The number of nitrogens with one attached hydrogen (secondary N) is 1. The lowest BCUT2D eigenvalue weighted by Crippen LogP contribution is -2.09. The van der Waals surface area contributed by atoms with Crippen LogP contribution in [0.1, 0.15) is 12.6 Å². The highest BCUT2D eigenvalue weighted by atomic mass is 15.3. The van der Waals surface area contributed by atoms with Crippen molar-refractivity contribution < 1.29 is 0 Å². The van der Waals surface area contributed by atoms with Gasteiger partial charge in [0, 0.05) is 6.20 Å². The largest absolute Gasteiger partial charge is 0.307 e. The first-order valence-electron chi connectivity index (χ1n) is 3.14. The van der Waals surface area contributed by atoms with E-state index in [9.17, 15) is 0 Å². The normalized spacial score (nSPS) is 9.40. The van der Waals surface area contributed by atoms with Crippen LogP contribution in [0, 0.1) is 0 Å². The summed E-state index contributed by atoms with van der Waals surface area (Å²) in [7, 11) is 0. The second-order valence-electron chi connectivity index (χ2n) is 1.89. The van der Waals surface area contributed by atoms with Gasteiger partial charge in [0.25, 0.3) is 0 Å². The van der Waals surface area contributed by atoms with Gasteiger partial charge in [-0.15, -0.1) is 0 Å². The molecule has 0 unspecified atom stereocenters. The standard InChI is InChI=1S/C6H10N4/c1-2-5-3-8-4-6(9-5)10-7/h3-4H,2,7H2,1H3,(H,9,10). The molecule has 54 valence electrons. The van der Waals surface area contributed by atoms with Crippen LogP contribution in [0.25, 0.3) is 0 Å². The zero-order chi connectivity index (χ0) is 7.40. The Bertz CT molecular complexity index is 191. The summed E-state index contributed by atoms with van der Waals surface area (Å²) < 4.78 is 0. The summed E-state index contributed by atoms with van der Waals surface area (Å²) in [5.41, 5.74) is 3.37. The number of anilines is 1. The number of aryl methyl sites for hydroxylation is 1. The second-order valence-corrected chi connectivity index (χ2v) is 1.89. The van der Waals surface area contributed by atoms with Crippen molar-refractivity contribution in [3.05, 3.63) is 18.1 Å². The summed E-state index contributed by atoms with van der Waals surface area (Å²) in [6, 6.07) is 0. The average Bonchev–Trinajstić information content (AvgIpc) is 2.05. The van der Waals surface area contributed by atoms with E-state index in [4.69, 9.17) is 5.84 Å². The highest BCUT2D eigenvalue weighted by Crippen LogP contribution is 1.99. The third-order valence-electron chi connectivity index (χ3n) is 1.19. The molecule has 1 aromatic heterocycles. The lowest BCUT2D eigenvalue weighted by Gasteiger charge is -1.98. The minimum Gasteiger partial charge on any atom is -0.307 e. The van der Waals surface area contributed by atoms with E-state index < -0.39 is 0 Å². The molecular weight excluding hydrogens is 128 g/mol. The topological polar surface area (TPSA) is 63.8 Å². The number of nitrogens with two attached hydrogens (primary N) is 1. The van der Waals surface area contributed by atoms with Crippen LogP contribution in [0.3, 0.4) is 0 Å². The monoisotopic (exact) mass is 138 g/mol. The number of hydrogen-bond donors (Lipinski definition) is 2. The third-order valence-corrected chi connectivity index (χ3v) is 1.19. The van der Waals surface area contributed by atoms with Gasteiger partial charge in [-0.25, -0.2) is 10.8 Å². The Labute approximate surface area is 59.5 Å². The molecule has 0 aliphatic heterocycles. The minimum atomic E-state index is 0.611. The van der Waals surface area contributed by atoms with Gasteiger partial charge in [-0.05, 0) is 6.42 Å². The van der Waals surface area contributed by atoms with E-state index in [1.807, 2.05) is 6.92 Å². The number of nitrogen functional groups attached to an aromatic ring is 1. The summed E-state index contributed by atoms with van der Waals surface area (Å²) in [4.78, 5) is 8.03. The molecular formula is C6H10N4. The predicted octanol–water partition coefficient (Wildman–Crippen LogP) is 0.325. The Hall–Kier alpha value is -1.16. The van der Waals surface area contributed by atoms with Gasteiger partial charge in [0.05, 0.1) is 11.9 Å². The van der Waals surface area contributed by atoms with Crippen molar-refractivity contribution in [3.8, 4) is 0 Å². The van der Waals surface area contributed by atoms with E-state index in [-0.39, 0.29) is 0 Å². The zero-order valence-electron chi connectivity index (χ0n) is 5.83. The van der Waals surface area contributed by atoms with E-state index >= 15 is 0 Å². The molecule has 4 nitrogen and oxygen atoms in total. The minimum absolute atomic E-state index is 0.611. The highest BCUT2D eigenvalue weighted by molar-refractivity contribution is 5.29. The van der Waals surface area contributed by atoms with Gasteiger partial charge >= 0.3 is 0 Å². The molecule has 0 radical (unpaired) electrons. The summed E-state index contributed by atoms with van der Waals surface area (Å²) in [5, 5.41) is 0. The Morgan fingerprint density at radius 3 is 3.00 bits per heavy atom. The molecule has 10 heavy (non-hydrogen) atoms. The van der Waals surface area contributed by atoms with Crippen LogP contribution >= 0.6 is 0 Å². The number of rotatable bonds is 2. The summed E-state index contributed by atoms with van der Waals surface area (Å²) in [5.74, 6) is 5.73. The van der Waals surface area contributed by atoms with E-state index in [1.165, 1.54) is 0 Å². The van der Waals surface area contributed by atoms with Crippen molar-refractivity contribution in [1.82, 2.24) is 9.97 Å². The van der Waals surface area contributed by atoms with Gasteiger partial charge in [-0.1, -0.05) is 6.92 Å². The molecule has 1 aromatic rings. The van der Waals surface area contributed by atoms with Crippen molar-refractivity contribution in [1.29, 1.82) is 0 Å². The summed E-state index contributed by atoms with van der Waals surface area (Å²) in [6.07, 6.45) is 4.18. The van der Waals surface area contributed by atoms with E-state index in [1.54, 1.807) is 12.4 Å². The Morgan fingerprint density at radius 2 is 2.40 bits per heavy atom. The molecule has 0 atom stereocenters. The Kier molecular flexibility index (Phi) is 2.17. The maximum atomic E-state index is 5.12. The molecule has 0 bridgehead atoms. The van der Waals surface area contributed by atoms with Crippen molar-refractivity contribution in [2.24, 2.45) is 5.84 Å². The summed E-state index contributed by atoms with van der Waals surface area (Å²) in [6.45, 7) is 2.02. The fourth-order valence-corrected chi connectivity index (χ4v) is 0.646. The van der Waals surface area contributed by atoms with Crippen molar-refractivity contribution in [2.45, 2.75) is 13.3 Å². The molecule has 0 aliphatic carbocycles. The third kappa shape index (κ3) is 1.41. The van der Waals surface area contributed by atoms with Crippen LogP contribution in [0.15, 0.2) is 12.4 Å². The van der Waals surface area contributed by atoms with Crippen LogP contribution in [0.4, 0.5) is 5.82 Å². The molecule has 3 N–H and O–H groups in total. The number of hydrogen-bond acceptors (Lipinski definition) is 4. The van der Waals surface area contributed by atoms with Gasteiger partial charge in [-0.3, -0.25) is 4.98 Å².